The van der Waals surface area contributed by atoms with E-state index in [1.807, 2.05) is 61.7 Å². The van der Waals surface area contributed by atoms with E-state index in [2.05, 4.69) is 10.3 Å². The molecule has 34 heavy (non-hydrogen) atoms. The third-order valence-electron chi connectivity index (χ3n) is 5.82. The number of carbonyl (C=O) groups is 2. The van der Waals surface area contributed by atoms with Crippen LogP contribution in [-0.4, -0.2) is 41.0 Å². The van der Waals surface area contributed by atoms with Crippen LogP contribution < -0.4 is 10.1 Å². The second-order valence-electron chi connectivity index (χ2n) is 8.20. The van der Waals surface area contributed by atoms with Crippen LogP contribution in [0.1, 0.15) is 40.1 Å². The molecule has 0 radical (unpaired) electrons. The molecule has 1 aromatic heterocycles. The Morgan fingerprint density at radius 1 is 1.03 bits per heavy atom. The summed E-state index contributed by atoms with van der Waals surface area (Å²) in [6, 6.07) is 20.2. The molecule has 4 aromatic rings. The van der Waals surface area contributed by atoms with Crippen LogP contribution in [0.25, 0.3) is 22.0 Å². The molecule has 0 saturated heterocycles. The predicted octanol–water partition coefficient (Wildman–Crippen LogP) is 4.77. The number of Topliss-reactive ketones (excluding diaryl/α,β-unsaturated/α-hetero) is 1. The molecule has 1 unspecified atom stereocenters. The Kier molecular flexibility index (Phi) is 7.09. The van der Waals surface area contributed by atoms with Crippen molar-refractivity contribution in [3.05, 3.63) is 89.6 Å². The Bertz CT molecular complexity index is 1320. The predicted molar refractivity (Wildman–Crippen MR) is 133 cm³/mol. The minimum Gasteiger partial charge on any atom is -0.493 e. The number of rotatable bonds is 9. The molecule has 0 saturated carbocycles. The lowest BCUT2D eigenvalue weighted by Crippen LogP contribution is -2.39. The zero-order valence-corrected chi connectivity index (χ0v) is 19.3. The lowest BCUT2D eigenvalue weighted by molar-refractivity contribution is 0.0912. The fraction of sp³-hybridized carbons (Fsp3) is 0.214. The van der Waals surface area contributed by atoms with Gasteiger partial charge in [-0.3, -0.25) is 9.59 Å². The Hall–Kier alpha value is -3.90. The molecule has 0 fully saturated rings. The highest BCUT2D eigenvalue weighted by Crippen LogP contribution is 2.28. The highest BCUT2D eigenvalue weighted by atomic mass is 16.5. The molecular weight excluding hydrogens is 428 g/mol. The number of hydrogen-bond donors (Lipinski definition) is 3. The Labute approximate surface area is 198 Å². The third-order valence-corrected chi connectivity index (χ3v) is 5.82. The van der Waals surface area contributed by atoms with Crippen LogP contribution >= 0.6 is 0 Å². The van der Waals surface area contributed by atoms with Gasteiger partial charge < -0.3 is 20.1 Å². The van der Waals surface area contributed by atoms with Crippen molar-refractivity contribution in [3.63, 3.8) is 0 Å². The normalized spacial score (nSPS) is 11.9. The number of aromatic amines is 1. The molecule has 3 aromatic carbocycles. The fourth-order valence-electron chi connectivity index (χ4n) is 4.08. The van der Waals surface area contributed by atoms with E-state index < -0.39 is 6.04 Å². The van der Waals surface area contributed by atoms with E-state index in [-0.39, 0.29) is 18.3 Å². The second-order valence-corrected chi connectivity index (χ2v) is 8.20. The number of para-hydroxylation sites is 1. The van der Waals surface area contributed by atoms with Gasteiger partial charge in [0.15, 0.2) is 5.78 Å². The fourth-order valence-corrected chi connectivity index (χ4v) is 4.08. The van der Waals surface area contributed by atoms with Gasteiger partial charge in [0.05, 0.1) is 24.8 Å². The summed E-state index contributed by atoms with van der Waals surface area (Å²) in [4.78, 5) is 28.3. The zero-order valence-electron chi connectivity index (χ0n) is 19.3. The smallest absolute Gasteiger partial charge is 0.255 e. The van der Waals surface area contributed by atoms with Crippen LogP contribution in [0.5, 0.6) is 5.75 Å². The van der Waals surface area contributed by atoms with Crippen LogP contribution in [0.3, 0.4) is 0 Å². The average molecular weight is 457 g/mol. The first-order valence-corrected chi connectivity index (χ1v) is 11.3. The van der Waals surface area contributed by atoms with Crippen LogP contribution in [0.2, 0.25) is 0 Å². The van der Waals surface area contributed by atoms with Crippen molar-refractivity contribution >= 4 is 22.6 Å². The van der Waals surface area contributed by atoms with Gasteiger partial charge in [-0.2, -0.15) is 0 Å². The Morgan fingerprint density at radius 3 is 2.59 bits per heavy atom. The zero-order chi connectivity index (χ0) is 24.1. The van der Waals surface area contributed by atoms with Crippen molar-refractivity contribution in [2.24, 2.45) is 0 Å². The first-order chi connectivity index (χ1) is 16.5. The van der Waals surface area contributed by atoms with E-state index in [0.717, 1.165) is 27.6 Å². The summed E-state index contributed by atoms with van der Waals surface area (Å²) in [5, 5.41) is 14.0. The summed E-state index contributed by atoms with van der Waals surface area (Å²) in [6.07, 6.45) is 2.39. The summed E-state index contributed by atoms with van der Waals surface area (Å²) in [5.74, 6) is 0.121. The van der Waals surface area contributed by atoms with E-state index >= 15 is 0 Å². The van der Waals surface area contributed by atoms with Crippen LogP contribution in [0.15, 0.2) is 72.9 Å². The number of amides is 1. The summed E-state index contributed by atoms with van der Waals surface area (Å²) in [6.45, 7) is 3.60. The number of nitrogens with one attached hydrogen (secondary N) is 2. The van der Waals surface area contributed by atoms with Crippen molar-refractivity contribution in [2.75, 3.05) is 13.2 Å². The number of hydrogen-bond acceptors (Lipinski definition) is 4. The van der Waals surface area contributed by atoms with Gasteiger partial charge in [-0.1, -0.05) is 42.5 Å². The minimum absolute atomic E-state index is 0.0196. The first kappa shape index (κ1) is 23.3. The molecular formula is C28H28N2O4. The van der Waals surface area contributed by atoms with E-state index in [4.69, 9.17) is 4.74 Å². The molecule has 1 atom stereocenters. The van der Waals surface area contributed by atoms with Crippen LogP contribution in [0.4, 0.5) is 0 Å². The molecule has 0 aliphatic heterocycles. The highest BCUT2D eigenvalue weighted by molar-refractivity contribution is 5.99. The summed E-state index contributed by atoms with van der Waals surface area (Å²) in [7, 11) is 0. The quantitative estimate of drug-likeness (QED) is 0.317. The van der Waals surface area contributed by atoms with Gasteiger partial charge in [0.1, 0.15) is 5.75 Å². The largest absolute Gasteiger partial charge is 0.493 e. The van der Waals surface area contributed by atoms with Gasteiger partial charge in [-0.25, -0.2) is 0 Å². The van der Waals surface area contributed by atoms with Crippen molar-refractivity contribution in [1.82, 2.24) is 10.3 Å². The number of aromatic nitrogens is 1. The van der Waals surface area contributed by atoms with E-state index in [1.165, 1.54) is 6.92 Å². The molecule has 3 N–H and O–H groups in total. The second kappa shape index (κ2) is 10.4. The van der Waals surface area contributed by atoms with Gasteiger partial charge >= 0.3 is 0 Å². The standard InChI is InChI=1S/C28H28N2O4/c1-3-34-27-12-11-21(20-8-6-7-19(13-20)18(2)32)15-25(27)28(33)30-23(17-31)14-22-16-29-26-10-5-4-9-24(22)26/h4-13,15-16,23,29,31H,3,14,17H2,1-2H3,(H,30,33). The maximum atomic E-state index is 13.3. The van der Waals surface area contributed by atoms with E-state index in [0.29, 0.717) is 29.9 Å². The topological polar surface area (TPSA) is 91.4 Å². The molecule has 174 valence electrons. The van der Waals surface area contributed by atoms with Crippen molar-refractivity contribution < 1.29 is 19.4 Å². The number of carbonyl (C=O) groups excluding carboxylic acids is 2. The van der Waals surface area contributed by atoms with Crippen molar-refractivity contribution in [1.29, 1.82) is 0 Å². The number of aliphatic hydroxyl groups excluding tert-OH is 1. The minimum atomic E-state index is -0.467. The van der Waals surface area contributed by atoms with Gasteiger partial charge in [0.25, 0.3) is 5.91 Å². The van der Waals surface area contributed by atoms with Gasteiger partial charge in [-0.15, -0.1) is 0 Å². The van der Waals surface area contributed by atoms with Crippen molar-refractivity contribution in [3.8, 4) is 16.9 Å². The molecule has 0 aliphatic carbocycles. The molecule has 1 heterocycles. The van der Waals surface area contributed by atoms with E-state index in [1.54, 1.807) is 18.2 Å². The number of benzene rings is 3. The molecule has 1 amide bonds. The molecule has 6 nitrogen and oxygen atoms in total. The highest BCUT2D eigenvalue weighted by Gasteiger charge is 2.19. The maximum Gasteiger partial charge on any atom is 0.255 e. The van der Waals surface area contributed by atoms with Gasteiger partial charge in [-0.05, 0) is 61.2 Å². The third kappa shape index (κ3) is 5.02. The molecule has 0 aliphatic rings. The molecule has 6 heteroatoms. The summed E-state index contributed by atoms with van der Waals surface area (Å²) < 4.78 is 5.71. The number of ketones is 1. The molecule has 4 rings (SSSR count). The first-order valence-electron chi connectivity index (χ1n) is 11.3. The average Bonchev–Trinajstić information content (AvgIpc) is 3.26. The SMILES string of the molecule is CCOc1ccc(-c2cccc(C(C)=O)c2)cc1C(=O)NC(CO)Cc1c[nH]c2ccccc12. The van der Waals surface area contributed by atoms with Gasteiger partial charge in [0.2, 0.25) is 0 Å². The Balaban J connectivity index is 1.60. The lowest BCUT2D eigenvalue weighted by Gasteiger charge is -2.18. The Morgan fingerprint density at radius 2 is 1.82 bits per heavy atom. The molecule has 0 bridgehead atoms. The number of H-pyrrole nitrogens is 1. The van der Waals surface area contributed by atoms with Gasteiger partial charge in [0, 0.05) is 22.7 Å². The summed E-state index contributed by atoms with van der Waals surface area (Å²) in [5.41, 5.74) is 4.66. The summed E-state index contributed by atoms with van der Waals surface area (Å²) >= 11 is 0. The van der Waals surface area contributed by atoms with Crippen LogP contribution in [0, 0.1) is 0 Å². The maximum absolute atomic E-state index is 13.3. The van der Waals surface area contributed by atoms with Crippen LogP contribution in [-0.2, 0) is 6.42 Å². The number of aliphatic hydroxyl groups is 1. The molecule has 0 spiro atoms. The lowest BCUT2D eigenvalue weighted by atomic mass is 9.99. The monoisotopic (exact) mass is 456 g/mol. The van der Waals surface area contributed by atoms with E-state index in [9.17, 15) is 14.7 Å². The number of fused-ring (bicyclic) bond motifs is 1. The number of ether oxygens (including phenoxy) is 1. The van der Waals surface area contributed by atoms with Crippen molar-refractivity contribution in [2.45, 2.75) is 26.3 Å².